The van der Waals surface area contributed by atoms with E-state index in [-0.39, 0.29) is 11.5 Å². The number of hydrogen-bond acceptors (Lipinski definition) is 4. The maximum atomic E-state index is 12.6. The van der Waals surface area contributed by atoms with E-state index in [1.165, 1.54) is 11.8 Å². The highest BCUT2D eigenvalue weighted by atomic mass is 35.5. The van der Waals surface area contributed by atoms with Gasteiger partial charge in [0.05, 0.1) is 0 Å². The normalized spacial score (nSPS) is 17.6. The van der Waals surface area contributed by atoms with Gasteiger partial charge in [0.1, 0.15) is 6.10 Å². The molecule has 0 saturated carbocycles. The summed E-state index contributed by atoms with van der Waals surface area (Å²) in [5.41, 5.74) is 4.70. The lowest BCUT2D eigenvalue weighted by atomic mass is 9.95. The molecule has 162 valence electrons. The number of carbonyl (C=O) groups is 1. The molecule has 2 unspecified atom stereocenters. The van der Waals surface area contributed by atoms with Gasteiger partial charge in [0.15, 0.2) is 6.23 Å². The molecule has 0 radical (unpaired) electrons. The van der Waals surface area contributed by atoms with Crippen molar-refractivity contribution in [3.8, 4) is 10.4 Å². The van der Waals surface area contributed by atoms with Crippen LogP contribution in [0.3, 0.4) is 0 Å². The smallest absolute Gasteiger partial charge is 0.250 e. The number of aryl methyl sites for hydroxylation is 2. The van der Waals surface area contributed by atoms with Gasteiger partial charge in [0.25, 0.3) is 5.56 Å². The molecule has 1 aliphatic heterocycles. The fourth-order valence-electron chi connectivity index (χ4n) is 4.15. The van der Waals surface area contributed by atoms with E-state index >= 15 is 0 Å². The molecule has 1 aliphatic rings. The number of thiophene rings is 1. The number of aromatic nitrogens is 1. The van der Waals surface area contributed by atoms with Crippen molar-refractivity contribution >= 4 is 28.8 Å². The summed E-state index contributed by atoms with van der Waals surface area (Å²) in [6, 6.07) is 9.21. The minimum atomic E-state index is -0.675. The van der Waals surface area contributed by atoms with E-state index in [9.17, 15) is 9.59 Å². The third-order valence-corrected chi connectivity index (χ3v) is 7.44. The molecule has 0 N–H and O–H groups in total. The molecular formula is C24H25ClN2O3S. The maximum Gasteiger partial charge on any atom is 0.250 e. The molecular weight excluding hydrogens is 432 g/mol. The summed E-state index contributed by atoms with van der Waals surface area (Å²) in [6.45, 7) is 8.11. The molecule has 1 aromatic carbocycles. The predicted molar refractivity (Wildman–Crippen MR) is 125 cm³/mol. The molecule has 3 heterocycles. The van der Waals surface area contributed by atoms with E-state index in [2.05, 4.69) is 13.8 Å². The van der Waals surface area contributed by atoms with E-state index in [0.29, 0.717) is 11.6 Å². The number of carbonyl (C=O) groups excluding carboxylic acids is 1. The lowest BCUT2D eigenvalue weighted by Gasteiger charge is -2.33. The van der Waals surface area contributed by atoms with E-state index < -0.39 is 12.3 Å². The van der Waals surface area contributed by atoms with E-state index in [1.54, 1.807) is 33.9 Å². The summed E-state index contributed by atoms with van der Waals surface area (Å²) in [7, 11) is 1.75. The average molecular weight is 457 g/mol. The van der Waals surface area contributed by atoms with Gasteiger partial charge in [-0.05, 0) is 44.0 Å². The molecule has 7 heteroatoms. The lowest BCUT2D eigenvalue weighted by Crippen LogP contribution is -2.36. The first-order valence-corrected chi connectivity index (χ1v) is 11.4. The quantitative estimate of drug-likeness (QED) is 0.532. The molecule has 0 spiro atoms. The molecule has 31 heavy (non-hydrogen) atoms. The fourth-order valence-corrected chi connectivity index (χ4v) is 5.49. The van der Waals surface area contributed by atoms with E-state index in [0.717, 1.165) is 32.7 Å². The van der Waals surface area contributed by atoms with Crippen LogP contribution in [0.2, 0.25) is 5.02 Å². The molecule has 0 aliphatic carbocycles. The molecule has 2 atom stereocenters. The minimum Gasteiger partial charge on any atom is -0.341 e. The van der Waals surface area contributed by atoms with Crippen molar-refractivity contribution in [2.45, 2.75) is 40.0 Å². The van der Waals surface area contributed by atoms with Crippen LogP contribution in [0, 0.1) is 13.8 Å². The highest BCUT2D eigenvalue weighted by Crippen LogP contribution is 2.50. The van der Waals surface area contributed by atoms with E-state index in [4.69, 9.17) is 16.3 Å². The van der Waals surface area contributed by atoms with Gasteiger partial charge in [-0.3, -0.25) is 9.59 Å². The van der Waals surface area contributed by atoms with Gasteiger partial charge in [0.2, 0.25) is 5.91 Å². The first kappa shape index (κ1) is 21.8. The molecule has 0 fully saturated rings. The van der Waals surface area contributed by atoms with Gasteiger partial charge in [-0.1, -0.05) is 23.7 Å². The third kappa shape index (κ3) is 3.73. The number of benzene rings is 1. The van der Waals surface area contributed by atoms with Gasteiger partial charge in [-0.2, -0.15) is 0 Å². The SMILES string of the molecule is CCN(C(C)=O)C1OC(c2ccc(Cl)cc2)c2c(sc(C)c2C)-c2cn(C)c(=O)cc21. The summed E-state index contributed by atoms with van der Waals surface area (Å²) in [4.78, 5) is 29.0. The molecule has 5 nitrogen and oxygen atoms in total. The Kier molecular flexibility index (Phi) is 5.81. The number of halogens is 1. The summed E-state index contributed by atoms with van der Waals surface area (Å²) in [6.07, 6.45) is 0.787. The standard InChI is InChI=1S/C24H25ClN2O3S/c1-6-27(15(4)28)24-18-11-20(29)26(5)12-19(18)23-21(13(2)14(3)31-23)22(30-24)16-7-9-17(25)10-8-16/h7-12,22,24H,6H2,1-5H3. The zero-order valence-corrected chi connectivity index (χ0v) is 19.8. The highest BCUT2D eigenvalue weighted by molar-refractivity contribution is 7.15. The van der Waals surface area contributed by atoms with Crippen LogP contribution in [0.4, 0.5) is 0 Å². The van der Waals surface area contributed by atoms with Gasteiger partial charge < -0.3 is 14.2 Å². The Morgan fingerprint density at radius 2 is 1.94 bits per heavy atom. The Morgan fingerprint density at radius 1 is 1.26 bits per heavy atom. The predicted octanol–water partition coefficient (Wildman–Crippen LogP) is 5.37. The maximum absolute atomic E-state index is 12.6. The van der Waals surface area contributed by atoms with Gasteiger partial charge in [-0.15, -0.1) is 11.3 Å². The van der Waals surface area contributed by atoms with Gasteiger partial charge >= 0.3 is 0 Å². The Morgan fingerprint density at radius 3 is 2.55 bits per heavy atom. The summed E-state index contributed by atoms with van der Waals surface area (Å²) in [5.74, 6) is -0.104. The summed E-state index contributed by atoms with van der Waals surface area (Å²) in [5, 5.41) is 0.651. The number of amides is 1. The first-order valence-electron chi connectivity index (χ1n) is 10.2. The van der Waals surface area contributed by atoms with Crippen molar-refractivity contribution in [2.24, 2.45) is 7.05 Å². The van der Waals surface area contributed by atoms with Crippen LogP contribution in [-0.2, 0) is 16.6 Å². The number of rotatable bonds is 3. The third-order valence-electron chi connectivity index (χ3n) is 5.93. The molecule has 0 bridgehead atoms. The number of nitrogens with zero attached hydrogens (tertiary/aromatic N) is 2. The van der Waals surface area contributed by atoms with Crippen LogP contribution < -0.4 is 5.56 Å². The van der Waals surface area contributed by atoms with Crippen LogP contribution in [0.25, 0.3) is 10.4 Å². The number of fused-ring (bicyclic) bond motifs is 3. The Balaban J connectivity index is 2.04. The second kappa shape index (κ2) is 8.26. The van der Waals surface area contributed by atoms with Crippen LogP contribution in [-0.4, -0.2) is 21.9 Å². The Hall–Kier alpha value is -2.41. The van der Waals surface area contributed by atoms with Crippen molar-refractivity contribution in [3.63, 3.8) is 0 Å². The van der Waals surface area contributed by atoms with Gasteiger partial charge in [0, 0.05) is 64.2 Å². The van der Waals surface area contributed by atoms with Crippen molar-refractivity contribution in [2.75, 3.05) is 6.54 Å². The van der Waals surface area contributed by atoms with Crippen molar-refractivity contribution in [3.05, 3.63) is 79.0 Å². The van der Waals surface area contributed by atoms with Crippen molar-refractivity contribution in [1.29, 1.82) is 0 Å². The molecule has 3 aromatic rings. The molecule has 1 amide bonds. The number of ether oxygens (including phenoxy) is 1. The van der Waals surface area contributed by atoms with Crippen LogP contribution in [0.15, 0.2) is 41.3 Å². The zero-order chi connectivity index (χ0) is 22.4. The van der Waals surface area contributed by atoms with Crippen LogP contribution in [0.5, 0.6) is 0 Å². The first-order chi connectivity index (χ1) is 14.7. The van der Waals surface area contributed by atoms with Crippen molar-refractivity contribution in [1.82, 2.24) is 9.47 Å². The zero-order valence-electron chi connectivity index (χ0n) is 18.2. The largest absolute Gasteiger partial charge is 0.341 e. The van der Waals surface area contributed by atoms with E-state index in [1.807, 2.05) is 37.4 Å². The average Bonchev–Trinajstić information content (AvgIpc) is 2.95. The number of hydrogen-bond donors (Lipinski definition) is 0. The van der Waals surface area contributed by atoms with Crippen LogP contribution >= 0.6 is 22.9 Å². The lowest BCUT2D eigenvalue weighted by molar-refractivity contribution is -0.149. The number of pyridine rings is 1. The Bertz CT molecular complexity index is 1210. The minimum absolute atomic E-state index is 0.104. The second-order valence-electron chi connectivity index (χ2n) is 7.84. The van der Waals surface area contributed by atoms with Gasteiger partial charge in [-0.25, -0.2) is 0 Å². The monoisotopic (exact) mass is 456 g/mol. The Labute approximate surface area is 190 Å². The summed E-state index contributed by atoms with van der Waals surface area (Å²) < 4.78 is 8.29. The fraction of sp³-hybridized carbons (Fsp3) is 0.333. The molecule has 4 rings (SSSR count). The second-order valence-corrected chi connectivity index (χ2v) is 9.50. The van der Waals surface area contributed by atoms with Crippen molar-refractivity contribution < 1.29 is 9.53 Å². The highest BCUT2D eigenvalue weighted by Gasteiger charge is 2.37. The van der Waals surface area contributed by atoms with Crippen LogP contribution in [0.1, 0.15) is 53.3 Å². The molecule has 0 saturated heterocycles. The summed E-state index contributed by atoms with van der Waals surface area (Å²) >= 11 is 7.83. The molecule has 2 aromatic heterocycles. The topological polar surface area (TPSA) is 51.5 Å².